The summed E-state index contributed by atoms with van der Waals surface area (Å²) in [4.78, 5) is 3.74. The molecule has 0 radical (unpaired) electrons. The summed E-state index contributed by atoms with van der Waals surface area (Å²) in [5, 5.41) is 2.07. The highest BCUT2D eigenvalue weighted by molar-refractivity contribution is 6.11. The van der Waals surface area contributed by atoms with E-state index in [1.165, 1.54) is 5.56 Å². The van der Waals surface area contributed by atoms with Crippen molar-refractivity contribution < 1.29 is 8.98 Å². The first-order valence-electron chi connectivity index (χ1n) is 8.83. The van der Waals surface area contributed by atoms with Crippen LogP contribution in [0.25, 0.3) is 38.0 Å². The van der Waals surface area contributed by atoms with Gasteiger partial charge in [0.2, 0.25) is 5.69 Å². The molecule has 3 heteroatoms. The molecule has 4 rings (SSSR count). The van der Waals surface area contributed by atoms with Gasteiger partial charge >= 0.3 is 0 Å². The van der Waals surface area contributed by atoms with Crippen molar-refractivity contribution in [3.05, 3.63) is 71.2 Å². The Hall–Kier alpha value is -3.12. The van der Waals surface area contributed by atoms with Crippen molar-refractivity contribution in [1.29, 1.82) is 0 Å². The van der Waals surface area contributed by atoms with Gasteiger partial charge in [0.25, 0.3) is 0 Å². The highest BCUT2D eigenvalue weighted by Gasteiger charge is 2.21. The third-order valence-corrected chi connectivity index (χ3v) is 5.05. The Morgan fingerprint density at radius 3 is 2.58 bits per heavy atom. The molecule has 3 nitrogen and oxygen atoms in total. The number of aromatic nitrogens is 1. The molecule has 0 aliphatic rings. The number of fused-ring (bicyclic) bond motifs is 3. The third-order valence-electron chi connectivity index (χ3n) is 5.05. The molecule has 26 heavy (non-hydrogen) atoms. The van der Waals surface area contributed by atoms with Crippen LogP contribution in [-0.2, 0) is 7.05 Å². The van der Waals surface area contributed by atoms with Gasteiger partial charge in [-0.15, -0.1) is 0 Å². The number of furan rings is 1. The summed E-state index contributed by atoms with van der Waals surface area (Å²) in [5.41, 5.74) is 6.88. The van der Waals surface area contributed by atoms with Gasteiger partial charge in [0.15, 0.2) is 11.9 Å². The zero-order chi connectivity index (χ0) is 18.4. The molecule has 2 heterocycles. The lowest BCUT2D eigenvalue weighted by Crippen LogP contribution is -2.30. The molecule has 4 aromatic rings. The maximum absolute atomic E-state index is 7.54. The fourth-order valence-corrected chi connectivity index (χ4v) is 3.65. The lowest BCUT2D eigenvalue weighted by molar-refractivity contribution is -0.660. The van der Waals surface area contributed by atoms with Crippen molar-refractivity contribution in [2.45, 2.75) is 26.7 Å². The predicted octanol–water partition coefficient (Wildman–Crippen LogP) is 6.06. The van der Waals surface area contributed by atoms with Crippen LogP contribution in [0, 0.1) is 13.5 Å². The summed E-state index contributed by atoms with van der Waals surface area (Å²) in [6.07, 6.45) is 2.05. The van der Waals surface area contributed by atoms with Crippen LogP contribution >= 0.6 is 0 Å². The van der Waals surface area contributed by atoms with Gasteiger partial charge in [0.05, 0.1) is 12.1 Å². The Bertz CT molecular complexity index is 1190. The number of pyridine rings is 1. The third kappa shape index (κ3) is 2.38. The largest absolute Gasteiger partial charge is 0.455 e. The molecule has 0 bridgehead atoms. The first kappa shape index (κ1) is 16.4. The SMILES string of the molecule is [C-]#[N+]c1cc2c(cc1C(C)C)oc1c(-c3cccc[n+]3C)c(C)ccc12. The van der Waals surface area contributed by atoms with Gasteiger partial charge in [-0.2, -0.15) is 0 Å². The van der Waals surface area contributed by atoms with Crippen molar-refractivity contribution >= 4 is 27.6 Å². The summed E-state index contributed by atoms with van der Waals surface area (Å²) >= 11 is 0. The summed E-state index contributed by atoms with van der Waals surface area (Å²) in [5.74, 6) is 0.282. The monoisotopic (exact) mass is 341 g/mol. The van der Waals surface area contributed by atoms with E-state index in [1.54, 1.807) is 0 Å². The molecule has 0 fully saturated rings. The number of rotatable bonds is 2. The minimum atomic E-state index is 0.282. The van der Waals surface area contributed by atoms with E-state index in [9.17, 15) is 0 Å². The normalized spacial score (nSPS) is 11.4. The Labute approximate surface area is 153 Å². The van der Waals surface area contributed by atoms with Crippen molar-refractivity contribution in [1.82, 2.24) is 0 Å². The second-order valence-electron chi connectivity index (χ2n) is 7.11. The van der Waals surface area contributed by atoms with Gasteiger partial charge in [-0.1, -0.05) is 26.0 Å². The van der Waals surface area contributed by atoms with Gasteiger partial charge in [0.1, 0.15) is 18.2 Å². The molecule has 0 amide bonds. The molecule has 2 aromatic carbocycles. The average Bonchev–Trinajstić information content (AvgIpc) is 2.98. The van der Waals surface area contributed by atoms with Crippen LogP contribution in [0.1, 0.15) is 30.9 Å². The smallest absolute Gasteiger partial charge is 0.216 e. The molecule has 0 atom stereocenters. The van der Waals surface area contributed by atoms with Crippen LogP contribution in [0.5, 0.6) is 0 Å². The number of nitrogens with zero attached hydrogens (tertiary/aromatic N) is 2. The second kappa shape index (κ2) is 6.00. The zero-order valence-electron chi connectivity index (χ0n) is 15.5. The van der Waals surface area contributed by atoms with Crippen LogP contribution in [0.15, 0.2) is 53.1 Å². The summed E-state index contributed by atoms with van der Waals surface area (Å²) < 4.78 is 8.46. The minimum Gasteiger partial charge on any atom is -0.455 e. The van der Waals surface area contributed by atoms with E-state index in [2.05, 4.69) is 48.4 Å². The number of aryl methyl sites for hydroxylation is 2. The lowest BCUT2D eigenvalue weighted by Gasteiger charge is -2.07. The number of hydrogen-bond acceptors (Lipinski definition) is 1. The van der Waals surface area contributed by atoms with Gasteiger partial charge in [-0.05, 0) is 42.2 Å². The van der Waals surface area contributed by atoms with Crippen LogP contribution < -0.4 is 4.57 Å². The van der Waals surface area contributed by atoms with E-state index >= 15 is 0 Å². The van der Waals surface area contributed by atoms with Gasteiger partial charge in [0, 0.05) is 22.9 Å². The molecule has 0 spiro atoms. The highest BCUT2D eigenvalue weighted by atomic mass is 16.3. The number of hydrogen-bond donors (Lipinski definition) is 0. The van der Waals surface area contributed by atoms with Crippen LogP contribution in [0.4, 0.5) is 5.69 Å². The summed E-state index contributed by atoms with van der Waals surface area (Å²) in [6, 6.07) is 14.4. The molecule has 128 valence electrons. The Kier molecular flexibility index (Phi) is 3.77. The first-order valence-corrected chi connectivity index (χ1v) is 8.83. The quantitative estimate of drug-likeness (QED) is 0.321. The van der Waals surface area contributed by atoms with E-state index < -0.39 is 0 Å². The van der Waals surface area contributed by atoms with Crippen LogP contribution in [-0.4, -0.2) is 0 Å². The molecule has 2 aromatic heterocycles. The van der Waals surface area contributed by atoms with Crippen molar-refractivity contribution in [2.24, 2.45) is 7.05 Å². The predicted molar refractivity (Wildman–Crippen MR) is 105 cm³/mol. The lowest BCUT2D eigenvalue weighted by atomic mass is 9.97. The molecule has 0 aliphatic heterocycles. The first-order chi connectivity index (χ1) is 12.5. The standard InChI is InChI=1S/C23H21N2O/c1-14(2)17-13-21-18(12-19(17)24-4)16-10-9-15(3)22(23(16)26-21)20-8-6-7-11-25(20)5/h6-14H,1-3,5H3/q+1. The molecular weight excluding hydrogens is 320 g/mol. The molecule has 0 aliphatic carbocycles. The Morgan fingerprint density at radius 2 is 1.88 bits per heavy atom. The van der Waals surface area contributed by atoms with Gasteiger partial charge in [-0.25, -0.2) is 9.41 Å². The zero-order valence-corrected chi connectivity index (χ0v) is 15.5. The van der Waals surface area contributed by atoms with Crippen molar-refractivity contribution in [3.63, 3.8) is 0 Å². The van der Waals surface area contributed by atoms with Gasteiger partial charge in [-0.3, -0.25) is 0 Å². The maximum Gasteiger partial charge on any atom is 0.216 e. The second-order valence-corrected chi connectivity index (χ2v) is 7.11. The van der Waals surface area contributed by atoms with E-state index in [1.807, 2.05) is 37.5 Å². The van der Waals surface area contributed by atoms with Crippen LogP contribution in [0.3, 0.4) is 0 Å². The summed E-state index contributed by atoms with van der Waals surface area (Å²) in [7, 11) is 2.05. The number of benzene rings is 2. The van der Waals surface area contributed by atoms with E-state index in [-0.39, 0.29) is 5.92 Å². The summed E-state index contributed by atoms with van der Waals surface area (Å²) in [6.45, 7) is 13.9. The average molecular weight is 341 g/mol. The van der Waals surface area contributed by atoms with Crippen LogP contribution in [0.2, 0.25) is 0 Å². The minimum absolute atomic E-state index is 0.282. The molecule has 0 saturated heterocycles. The van der Waals surface area contributed by atoms with E-state index in [0.29, 0.717) is 5.69 Å². The fourth-order valence-electron chi connectivity index (χ4n) is 3.65. The molecule has 0 N–H and O–H groups in total. The Morgan fingerprint density at radius 1 is 1.08 bits per heavy atom. The Balaban J connectivity index is 2.13. The van der Waals surface area contributed by atoms with Crippen molar-refractivity contribution in [2.75, 3.05) is 0 Å². The molecular formula is C23H21N2O+. The fraction of sp³-hybridized carbons (Fsp3) is 0.217. The molecule has 0 saturated carbocycles. The van der Waals surface area contributed by atoms with E-state index in [4.69, 9.17) is 11.0 Å². The highest BCUT2D eigenvalue weighted by Crippen LogP contribution is 2.40. The van der Waals surface area contributed by atoms with Crippen molar-refractivity contribution in [3.8, 4) is 11.3 Å². The maximum atomic E-state index is 7.54. The topological polar surface area (TPSA) is 21.4 Å². The van der Waals surface area contributed by atoms with E-state index in [0.717, 1.165) is 38.8 Å². The van der Waals surface area contributed by atoms with Gasteiger partial charge < -0.3 is 4.42 Å². The molecule has 0 unspecified atom stereocenters.